The van der Waals surface area contributed by atoms with Gasteiger partial charge in [0, 0.05) is 26.6 Å². The van der Waals surface area contributed by atoms with Crippen molar-refractivity contribution >= 4 is 59.7 Å². The number of carbonyl (C=O) groups excluding carboxylic acids is 5. The van der Waals surface area contributed by atoms with Crippen LogP contribution in [-0.2, 0) is 39.8 Å². The highest BCUT2D eigenvalue weighted by Gasteiger charge is 2.32. The second kappa shape index (κ2) is 18.8. The van der Waals surface area contributed by atoms with E-state index in [2.05, 4.69) is 5.32 Å². The molecule has 14 nitrogen and oxygen atoms in total. The van der Waals surface area contributed by atoms with E-state index < -0.39 is 29.7 Å². The third-order valence-electron chi connectivity index (χ3n) is 7.14. The zero-order valence-electron chi connectivity index (χ0n) is 29.5. The smallest absolute Gasteiger partial charge is 0.408 e. The number of hydrogen-bond acceptors (Lipinski definition) is 11. The van der Waals surface area contributed by atoms with Gasteiger partial charge in [-0.25, -0.2) is 9.59 Å². The number of likely N-dealkylation sites (N-methyl/N-ethyl adjacent to an activating group) is 2. The van der Waals surface area contributed by atoms with E-state index in [4.69, 9.17) is 29.4 Å². The Morgan fingerprint density at radius 3 is 2.16 bits per heavy atom. The van der Waals surface area contributed by atoms with Crippen molar-refractivity contribution in [2.45, 2.75) is 65.1 Å². The van der Waals surface area contributed by atoms with Crippen LogP contribution in [0, 0.1) is 0 Å². The van der Waals surface area contributed by atoms with Crippen molar-refractivity contribution in [1.29, 1.82) is 0 Å². The maximum atomic E-state index is 12.8. The molecule has 2 aliphatic rings. The average molecular weight is 719 g/mol. The zero-order chi connectivity index (χ0) is 36.3. The van der Waals surface area contributed by atoms with Gasteiger partial charge in [0.25, 0.3) is 5.91 Å². The van der Waals surface area contributed by atoms with Crippen LogP contribution in [0.2, 0.25) is 0 Å². The third-order valence-corrected chi connectivity index (χ3v) is 7.14. The van der Waals surface area contributed by atoms with Gasteiger partial charge in [0.05, 0.1) is 24.6 Å². The lowest BCUT2D eigenvalue weighted by molar-refractivity contribution is -0.143. The summed E-state index contributed by atoms with van der Waals surface area (Å²) in [5, 5.41) is 2.55. The summed E-state index contributed by atoms with van der Waals surface area (Å²) >= 11 is 0. The quantitative estimate of drug-likeness (QED) is 0.231. The Morgan fingerprint density at radius 1 is 0.920 bits per heavy atom. The molecule has 1 unspecified atom stereocenters. The van der Waals surface area contributed by atoms with Gasteiger partial charge in [-0.2, -0.15) is 0 Å². The number of anilines is 2. The van der Waals surface area contributed by atoms with Crippen molar-refractivity contribution in [2.24, 2.45) is 5.73 Å². The zero-order valence-corrected chi connectivity index (χ0v) is 30.3. The number of alkyl carbamates (subject to hydrolysis) is 1. The van der Waals surface area contributed by atoms with Crippen LogP contribution in [0.3, 0.4) is 0 Å². The van der Waals surface area contributed by atoms with Crippen LogP contribution in [0.25, 0.3) is 6.08 Å². The lowest BCUT2D eigenvalue weighted by atomic mass is 10.1. The number of nitrogens with one attached hydrogen (secondary N) is 1. The number of nitrogens with zero attached hydrogens (tertiary/aromatic N) is 2. The van der Waals surface area contributed by atoms with Crippen LogP contribution in [0.1, 0.15) is 52.2 Å². The van der Waals surface area contributed by atoms with Crippen molar-refractivity contribution in [3.63, 3.8) is 0 Å². The predicted octanol–water partition coefficient (Wildman–Crippen LogP) is 3.80. The van der Waals surface area contributed by atoms with Crippen LogP contribution in [0.5, 0.6) is 11.5 Å². The summed E-state index contributed by atoms with van der Waals surface area (Å²) in [5.41, 5.74) is 7.92. The van der Waals surface area contributed by atoms with Gasteiger partial charge in [0.2, 0.25) is 5.91 Å². The largest absolute Gasteiger partial charge is 0.489 e. The van der Waals surface area contributed by atoms with Gasteiger partial charge in [0.15, 0.2) is 0 Å². The van der Waals surface area contributed by atoms with Crippen LogP contribution in [0.15, 0.2) is 42.5 Å². The van der Waals surface area contributed by atoms with Crippen molar-refractivity contribution in [3.8, 4) is 11.5 Å². The third kappa shape index (κ3) is 11.9. The highest BCUT2D eigenvalue weighted by molar-refractivity contribution is 6.01. The summed E-state index contributed by atoms with van der Waals surface area (Å²) < 4.78 is 26.2. The molecule has 0 radical (unpaired) electrons. The lowest BCUT2D eigenvalue weighted by Crippen LogP contribution is -2.50. The Hall–Kier alpha value is -4.82. The average Bonchev–Trinajstić information content (AvgIpc) is 3.23. The number of ether oxygens (including phenoxy) is 5. The molecule has 2 atom stereocenters. The van der Waals surface area contributed by atoms with E-state index in [1.165, 1.54) is 15.9 Å². The molecule has 50 heavy (non-hydrogen) atoms. The summed E-state index contributed by atoms with van der Waals surface area (Å²) in [6, 6.07) is 9.18. The number of esters is 2. The second-order valence-corrected chi connectivity index (χ2v) is 12.1. The molecule has 3 amide bonds. The van der Waals surface area contributed by atoms with Crippen LogP contribution >= 0.6 is 12.4 Å². The van der Waals surface area contributed by atoms with Gasteiger partial charge < -0.3 is 44.5 Å². The first-order valence-electron chi connectivity index (χ1n) is 16.0. The SMILES string of the molecule is CCOC(=O)/C=C/c1ccc2c(c1)N(C)C(=O)[C@@H](NC(=O)OC(C)(C)C)CO2.CCOC(=O)CCc1ccc2c(c1)N(C)C(=O)C(N)CO2.Cl. The molecule has 4 rings (SSSR count). The predicted molar refractivity (Wildman–Crippen MR) is 190 cm³/mol. The summed E-state index contributed by atoms with van der Waals surface area (Å²) in [5.74, 6) is -0.0707. The summed E-state index contributed by atoms with van der Waals surface area (Å²) in [4.78, 5) is 62.6. The number of fused-ring (bicyclic) bond motifs is 2. The molecule has 2 aromatic carbocycles. The van der Waals surface area contributed by atoms with E-state index in [1.54, 1.807) is 79.1 Å². The molecule has 3 N–H and O–H groups in total. The monoisotopic (exact) mass is 718 g/mol. The number of aryl methyl sites for hydroxylation is 1. The summed E-state index contributed by atoms with van der Waals surface area (Å²) in [6.45, 7) is 9.55. The van der Waals surface area contributed by atoms with Crippen molar-refractivity contribution < 1.29 is 47.7 Å². The molecule has 2 heterocycles. The Balaban J connectivity index is 0.000000353. The summed E-state index contributed by atoms with van der Waals surface area (Å²) in [7, 11) is 3.27. The molecule has 2 aromatic rings. The molecule has 0 aromatic heterocycles. The van der Waals surface area contributed by atoms with Gasteiger partial charge in [-0.15, -0.1) is 12.4 Å². The topological polar surface area (TPSA) is 176 Å². The molecule has 0 spiro atoms. The first-order valence-corrected chi connectivity index (χ1v) is 16.0. The fourth-order valence-corrected chi connectivity index (χ4v) is 4.73. The fourth-order valence-electron chi connectivity index (χ4n) is 4.73. The van der Waals surface area contributed by atoms with Crippen molar-refractivity contribution in [1.82, 2.24) is 5.32 Å². The number of hydrogen-bond donors (Lipinski definition) is 2. The number of nitrogens with two attached hydrogens (primary N) is 1. The molecular weight excluding hydrogens is 672 g/mol. The van der Waals surface area contributed by atoms with E-state index in [1.807, 2.05) is 12.1 Å². The fraction of sp³-hybridized carbons (Fsp3) is 0.457. The molecular formula is C35H47ClN4O10. The van der Waals surface area contributed by atoms with E-state index in [9.17, 15) is 24.0 Å². The molecule has 0 bridgehead atoms. The number of benzene rings is 2. The van der Waals surface area contributed by atoms with Crippen LogP contribution < -0.4 is 30.3 Å². The lowest BCUT2D eigenvalue weighted by Gasteiger charge is -2.23. The number of halogens is 1. The van der Waals surface area contributed by atoms with Gasteiger partial charge in [-0.1, -0.05) is 12.1 Å². The van der Waals surface area contributed by atoms with E-state index in [0.717, 1.165) is 5.56 Å². The normalized spacial score (nSPS) is 16.9. The van der Waals surface area contributed by atoms with Gasteiger partial charge in [-0.3, -0.25) is 14.4 Å². The number of amides is 3. The van der Waals surface area contributed by atoms with Gasteiger partial charge in [0.1, 0.15) is 42.4 Å². The van der Waals surface area contributed by atoms with Crippen LogP contribution in [-0.4, -0.2) is 88.1 Å². The van der Waals surface area contributed by atoms with Gasteiger partial charge >= 0.3 is 18.0 Å². The maximum absolute atomic E-state index is 12.8. The molecule has 0 saturated carbocycles. The Bertz CT molecular complexity index is 1560. The molecule has 15 heteroatoms. The number of rotatable bonds is 8. The van der Waals surface area contributed by atoms with Crippen LogP contribution in [0.4, 0.5) is 16.2 Å². The minimum absolute atomic E-state index is 0. The Kier molecular flexibility index (Phi) is 15.6. The molecule has 0 fully saturated rings. The van der Waals surface area contributed by atoms with E-state index in [0.29, 0.717) is 54.5 Å². The number of carbonyl (C=O) groups is 5. The molecule has 274 valence electrons. The van der Waals surface area contributed by atoms with Gasteiger partial charge in [-0.05, 0) is 82.5 Å². The minimum atomic E-state index is -0.884. The Morgan fingerprint density at radius 2 is 1.52 bits per heavy atom. The van der Waals surface area contributed by atoms with Crippen molar-refractivity contribution in [3.05, 3.63) is 53.6 Å². The first kappa shape index (κ1) is 41.4. The van der Waals surface area contributed by atoms with Crippen molar-refractivity contribution in [2.75, 3.05) is 50.3 Å². The molecule has 0 aliphatic carbocycles. The summed E-state index contributed by atoms with van der Waals surface area (Å²) in [6.07, 6.45) is 3.09. The van der Waals surface area contributed by atoms with E-state index >= 15 is 0 Å². The maximum Gasteiger partial charge on any atom is 0.408 e. The second-order valence-electron chi connectivity index (χ2n) is 12.1. The highest BCUT2D eigenvalue weighted by Crippen LogP contribution is 2.33. The first-order chi connectivity index (χ1) is 23.1. The van der Waals surface area contributed by atoms with E-state index in [-0.39, 0.29) is 43.4 Å². The molecule has 2 aliphatic heterocycles. The molecule has 0 saturated heterocycles. The minimum Gasteiger partial charge on any atom is -0.489 e. The Labute approximate surface area is 298 Å². The highest BCUT2D eigenvalue weighted by atomic mass is 35.5. The standard InChI is InChI=1S/C20H26N2O6.C15H20N2O4.ClH/c1-6-26-17(23)10-8-13-7-9-16-15(11-13)22(5)18(24)14(12-27-16)21-19(25)28-20(2,3)4;1-3-20-14(18)7-5-10-4-6-13-12(8-10)17(2)15(19)11(16)9-21-13;/h7-11,14H,6,12H2,1-5H3,(H,21,25);4,6,8,11H,3,5,7,9,16H2,1-2H3;1H/b10-8+;;/t14-;;/m0../s1.